The molecule has 1 aromatic rings. The van der Waals surface area contributed by atoms with Crippen molar-refractivity contribution in [2.24, 2.45) is 11.7 Å². The Labute approximate surface area is 115 Å². The quantitative estimate of drug-likeness (QED) is 0.791. The first kappa shape index (κ1) is 14.1. The van der Waals surface area contributed by atoms with Gasteiger partial charge in [-0.1, -0.05) is 44.0 Å². The molecule has 0 aromatic heterocycles. The van der Waals surface area contributed by atoms with Crippen molar-refractivity contribution < 1.29 is 4.79 Å². The van der Waals surface area contributed by atoms with Gasteiger partial charge in [0.15, 0.2) is 0 Å². The van der Waals surface area contributed by atoms with E-state index in [0.29, 0.717) is 19.0 Å². The van der Waals surface area contributed by atoms with Crippen LogP contribution in [0, 0.1) is 5.92 Å². The van der Waals surface area contributed by atoms with Crippen LogP contribution in [0.3, 0.4) is 0 Å². The lowest BCUT2D eigenvalue weighted by molar-refractivity contribution is -0.121. The third kappa shape index (κ3) is 4.67. The van der Waals surface area contributed by atoms with E-state index in [9.17, 15) is 4.79 Å². The molecule has 3 nitrogen and oxygen atoms in total. The molecule has 1 aliphatic rings. The molecule has 1 unspecified atom stereocenters. The van der Waals surface area contributed by atoms with Crippen molar-refractivity contribution in [2.75, 3.05) is 0 Å². The summed E-state index contributed by atoms with van der Waals surface area (Å²) in [6, 6.07) is 8.31. The van der Waals surface area contributed by atoms with Crippen molar-refractivity contribution >= 4 is 5.91 Å². The number of carbonyl (C=O) groups is 1. The summed E-state index contributed by atoms with van der Waals surface area (Å²) in [6.07, 6.45) is 5.31. The van der Waals surface area contributed by atoms with Crippen LogP contribution in [0.4, 0.5) is 0 Å². The average Bonchev–Trinajstić information content (AvgIpc) is 3.22. The zero-order chi connectivity index (χ0) is 13.7. The lowest BCUT2D eigenvalue weighted by Gasteiger charge is -2.16. The molecule has 1 fully saturated rings. The van der Waals surface area contributed by atoms with Gasteiger partial charge in [0.1, 0.15) is 0 Å². The van der Waals surface area contributed by atoms with Gasteiger partial charge in [0.05, 0.1) is 6.42 Å². The lowest BCUT2D eigenvalue weighted by Crippen LogP contribution is -2.35. The molecule has 0 saturated heterocycles. The van der Waals surface area contributed by atoms with E-state index in [1.54, 1.807) is 0 Å². The third-order valence-corrected chi connectivity index (χ3v) is 3.80. The van der Waals surface area contributed by atoms with E-state index in [-0.39, 0.29) is 5.91 Å². The van der Waals surface area contributed by atoms with Gasteiger partial charge in [0.25, 0.3) is 0 Å². The zero-order valence-electron chi connectivity index (χ0n) is 11.7. The molecule has 0 radical (unpaired) electrons. The Morgan fingerprint density at radius 1 is 1.32 bits per heavy atom. The summed E-state index contributed by atoms with van der Waals surface area (Å²) in [5, 5.41) is 3.15. The van der Waals surface area contributed by atoms with E-state index < -0.39 is 0 Å². The van der Waals surface area contributed by atoms with Gasteiger partial charge < -0.3 is 11.1 Å². The maximum Gasteiger partial charge on any atom is 0.224 e. The minimum Gasteiger partial charge on any atom is -0.353 e. The predicted molar refractivity (Wildman–Crippen MR) is 77.6 cm³/mol. The Morgan fingerprint density at radius 3 is 2.47 bits per heavy atom. The molecule has 1 aromatic carbocycles. The average molecular weight is 260 g/mol. The van der Waals surface area contributed by atoms with Crippen LogP contribution in [0.25, 0.3) is 0 Å². The van der Waals surface area contributed by atoms with Crippen molar-refractivity contribution in [3.8, 4) is 0 Å². The lowest BCUT2D eigenvalue weighted by atomic mass is 10.1. The van der Waals surface area contributed by atoms with E-state index in [4.69, 9.17) is 5.73 Å². The Bertz CT molecular complexity index is 409. The summed E-state index contributed by atoms with van der Waals surface area (Å²) in [6.45, 7) is 2.69. The molecule has 0 aliphatic heterocycles. The van der Waals surface area contributed by atoms with Crippen molar-refractivity contribution in [3.63, 3.8) is 0 Å². The predicted octanol–water partition coefficient (Wildman–Crippen LogP) is 2.38. The van der Waals surface area contributed by atoms with Gasteiger partial charge >= 0.3 is 0 Å². The summed E-state index contributed by atoms with van der Waals surface area (Å²) in [5.41, 5.74) is 7.71. The van der Waals surface area contributed by atoms with Crippen LogP contribution in [0.1, 0.15) is 43.7 Å². The highest BCUT2D eigenvalue weighted by Gasteiger charge is 2.25. The van der Waals surface area contributed by atoms with Crippen molar-refractivity contribution in [3.05, 3.63) is 35.4 Å². The van der Waals surface area contributed by atoms with Gasteiger partial charge in [-0.25, -0.2) is 0 Å². The largest absolute Gasteiger partial charge is 0.353 e. The smallest absolute Gasteiger partial charge is 0.224 e. The minimum absolute atomic E-state index is 0.132. The second kappa shape index (κ2) is 6.71. The van der Waals surface area contributed by atoms with Crippen molar-refractivity contribution in [1.82, 2.24) is 5.32 Å². The third-order valence-electron chi connectivity index (χ3n) is 3.80. The molecule has 2 rings (SSSR count). The van der Waals surface area contributed by atoms with Gasteiger partial charge in [-0.3, -0.25) is 4.79 Å². The van der Waals surface area contributed by atoms with Gasteiger partial charge in [-0.15, -0.1) is 0 Å². The first-order chi connectivity index (χ1) is 9.21. The minimum atomic E-state index is 0.132. The number of nitrogens with two attached hydrogens (primary N) is 1. The fourth-order valence-electron chi connectivity index (χ4n) is 2.34. The maximum atomic E-state index is 12.0. The summed E-state index contributed by atoms with van der Waals surface area (Å²) < 4.78 is 0. The molecule has 0 heterocycles. The highest BCUT2D eigenvalue weighted by Crippen LogP contribution is 2.34. The van der Waals surface area contributed by atoms with Gasteiger partial charge in [-0.2, -0.15) is 0 Å². The fraction of sp³-hybridized carbons (Fsp3) is 0.562. The molecule has 1 aliphatic carbocycles. The van der Waals surface area contributed by atoms with Crippen molar-refractivity contribution in [1.29, 1.82) is 0 Å². The summed E-state index contributed by atoms with van der Waals surface area (Å²) in [4.78, 5) is 12.0. The first-order valence-electron chi connectivity index (χ1n) is 7.28. The topological polar surface area (TPSA) is 55.1 Å². The highest BCUT2D eigenvalue weighted by atomic mass is 16.1. The molecule has 1 atom stereocenters. The van der Waals surface area contributed by atoms with Crippen LogP contribution in [0.5, 0.6) is 0 Å². The second-order valence-electron chi connectivity index (χ2n) is 5.55. The fourth-order valence-corrected chi connectivity index (χ4v) is 2.34. The van der Waals surface area contributed by atoms with Gasteiger partial charge in [0.2, 0.25) is 5.91 Å². The van der Waals surface area contributed by atoms with E-state index in [1.807, 2.05) is 24.3 Å². The molecule has 19 heavy (non-hydrogen) atoms. The van der Waals surface area contributed by atoms with E-state index in [0.717, 1.165) is 29.9 Å². The molecule has 3 heteroatoms. The second-order valence-corrected chi connectivity index (χ2v) is 5.55. The molecular formula is C16H24N2O. The van der Waals surface area contributed by atoms with Crippen LogP contribution in [-0.2, 0) is 17.8 Å². The van der Waals surface area contributed by atoms with Crippen molar-refractivity contribution in [2.45, 2.75) is 51.6 Å². The molecule has 0 spiro atoms. The molecule has 3 N–H and O–H groups in total. The number of rotatable bonds is 7. The summed E-state index contributed by atoms with van der Waals surface area (Å²) >= 11 is 0. The molecule has 1 amide bonds. The first-order valence-corrected chi connectivity index (χ1v) is 7.28. The Hall–Kier alpha value is -1.35. The normalized spacial score (nSPS) is 16.1. The number of nitrogens with one attached hydrogen (secondary N) is 1. The number of carbonyl (C=O) groups excluding carboxylic acids is 1. The Kier molecular flexibility index (Phi) is 4.97. The van der Waals surface area contributed by atoms with E-state index in [2.05, 4.69) is 12.2 Å². The number of benzene rings is 1. The molecule has 1 saturated carbocycles. The van der Waals surface area contributed by atoms with Crippen LogP contribution < -0.4 is 11.1 Å². The summed E-state index contributed by atoms with van der Waals surface area (Å²) in [7, 11) is 0. The standard InChI is InChI=1S/C16H24N2O/c1-2-15(9-12-3-4-12)18-16(19)10-13-5-7-14(11-17)8-6-13/h5-8,12,15H,2-4,9-11,17H2,1H3,(H,18,19). The zero-order valence-corrected chi connectivity index (χ0v) is 11.7. The Morgan fingerprint density at radius 2 is 1.95 bits per heavy atom. The Balaban J connectivity index is 1.81. The monoisotopic (exact) mass is 260 g/mol. The molecule has 104 valence electrons. The summed E-state index contributed by atoms with van der Waals surface area (Å²) in [5.74, 6) is 0.988. The van der Waals surface area contributed by atoms with Gasteiger partial charge in [-0.05, 0) is 29.9 Å². The van der Waals surface area contributed by atoms with Crippen LogP contribution >= 0.6 is 0 Å². The SMILES string of the molecule is CCC(CC1CC1)NC(=O)Cc1ccc(CN)cc1. The highest BCUT2D eigenvalue weighted by molar-refractivity contribution is 5.78. The number of hydrogen-bond acceptors (Lipinski definition) is 2. The van der Waals surface area contributed by atoms with Gasteiger partial charge in [0, 0.05) is 12.6 Å². The number of hydrogen-bond donors (Lipinski definition) is 2. The number of amides is 1. The van der Waals surface area contributed by atoms with Crippen LogP contribution in [0.2, 0.25) is 0 Å². The van der Waals surface area contributed by atoms with E-state index in [1.165, 1.54) is 12.8 Å². The van der Waals surface area contributed by atoms with Crippen LogP contribution in [0.15, 0.2) is 24.3 Å². The molecular weight excluding hydrogens is 236 g/mol. The van der Waals surface area contributed by atoms with E-state index >= 15 is 0 Å². The maximum absolute atomic E-state index is 12.0. The van der Waals surface area contributed by atoms with Crippen LogP contribution in [-0.4, -0.2) is 11.9 Å². The molecule has 0 bridgehead atoms.